The molecule has 0 heterocycles. The van der Waals surface area contributed by atoms with Gasteiger partial charge in [0.15, 0.2) is 0 Å². The van der Waals surface area contributed by atoms with Gasteiger partial charge < -0.3 is 10.2 Å². The average molecular weight is 415 g/mol. The van der Waals surface area contributed by atoms with Crippen LogP contribution in [-0.2, 0) is 0 Å². The number of aromatic carboxylic acids is 2. The molecule has 29 heavy (non-hydrogen) atoms. The fraction of sp³-hybridized carbons (Fsp3) is 0.667. The van der Waals surface area contributed by atoms with Gasteiger partial charge in [-0.25, -0.2) is 9.59 Å². The normalized spacial score (nSPS) is 10.3. The summed E-state index contributed by atoms with van der Waals surface area (Å²) in [6, 6.07) is 5.48. The van der Waals surface area contributed by atoms with E-state index in [4.69, 9.17) is 10.2 Å². The summed E-state index contributed by atoms with van der Waals surface area (Å²) in [5.74, 6) is -2.46. The standard InChI is InChI=1S/C16H33.C8H6O4.Na/c1-3-5-7-9-11-13-15-16-14-12-10-8-6-4-2;9-7(10)5-3-1-2-4-6(5)8(11)12;/h1,3-16H2,2H3;1-4H,(H,9,10)(H,11,12);. The van der Waals surface area contributed by atoms with Crippen LogP contribution in [-0.4, -0.2) is 50.1 Å². The number of benzene rings is 1. The quantitative estimate of drug-likeness (QED) is 0.223. The summed E-state index contributed by atoms with van der Waals surface area (Å²) in [4.78, 5) is 20.9. The molecule has 0 saturated heterocycles. The average Bonchev–Trinajstić information content (AvgIpc) is 2.72. The molecule has 4 nitrogen and oxygen atoms in total. The van der Waals surface area contributed by atoms with Gasteiger partial charge in [0.25, 0.3) is 0 Å². The zero-order valence-corrected chi connectivity index (χ0v) is 20.6. The molecule has 160 valence electrons. The van der Waals surface area contributed by atoms with Crippen molar-refractivity contribution < 1.29 is 19.8 Å². The van der Waals surface area contributed by atoms with Crippen LogP contribution < -0.4 is 0 Å². The maximum absolute atomic E-state index is 10.5. The third-order valence-electron chi connectivity index (χ3n) is 5.09. The molecule has 5 heteroatoms. The molecule has 0 aromatic heterocycles. The Morgan fingerprint density at radius 2 is 0.966 bits per heavy atom. The molecule has 0 fully saturated rings. The first-order valence-corrected chi connectivity index (χ1v) is 13.0. The Labute approximate surface area is 194 Å². The predicted octanol–water partition coefficient (Wildman–Crippen LogP) is 7.14. The van der Waals surface area contributed by atoms with Gasteiger partial charge >= 0.3 is 114 Å². The molecule has 1 aromatic carbocycles. The fourth-order valence-electron chi connectivity index (χ4n) is 3.30. The van der Waals surface area contributed by atoms with Crippen molar-refractivity contribution in [2.45, 2.75) is 100 Å². The third-order valence-corrected chi connectivity index (χ3v) is 5.80. The van der Waals surface area contributed by atoms with E-state index in [1.807, 2.05) is 0 Å². The Hall–Kier alpha value is -0.840. The van der Waals surface area contributed by atoms with Crippen molar-refractivity contribution in [1.29, 1.82) is 0 Å². The van der Waals surface area contributed by atoms with Gasteiger partial charge in [0.1, 0.15) is 0 Å². The molecule has 0 aliphatic heterocycles. The van der Waals surface area contributed by atoms with Gasteiger partial charge in [-0.1, -0.05) is 38.3 Å². The van der Waals surface area contributed by atoms with Gasteiger partial charge in [-0.05, 0) is 12.1 Å². The van der Waals surface area contributed by atoms with Gasteiger partial charge in [0.05, 0.1) is 11.1 Å². The van der Waals surface area contributed by atoms with Crippen LogP contribution >= 0.6 is 0 Å². The number of carboxylic acids is 2. The molecule has 0 atom stereocenters. The van der Waals surface area contributed by atoms with Gasteiger partial charge in [-0.15, -0.1) is 0 Å². The van der Waals surface area contributed by atoms with E-state index < -0.39 is 11.9 Å². The van der Waals surface area contributed by atoms with Gasteiger partial charge in [-0.2, -0.15) is 0 Å². The van der Waals surface area contributed by atoms with Crippen LogP contribution in [0.15, 0.2) is 24.3 Å². The van der Waals surface area contributed by atoms with Gasteiger partial charge in [-0.3, -0.25) is 0 Å². The Bertz CT molecular complexity index is 498. The Balaban J connectivity index is 0.000000571. The molecule has 0 spiro atoms. The summed E-state index contributed by atoms with van der Waals surface area (Å²) in [5, 5.41) is 17.1. The van der Waals surface area contributed by atoms with Crippen LogP contribution in [0.3, 0.4) is 0 Å². The van der Waals surface area contributed by atoms with E-state index in [0.29, 0.717) is 0 Å². The van der Waals surface area contributed by atoms with Crippen LogP contribution in [0.5, 0.6) is 0 Å². The van der Waals surface area contributed by atoms with Crippen LogP contribution in [0.4, 0.5) is 0 Å². The Morgan fingerprint density at radius 1 is 0.655 bits per heavy atom. The van der Waals surface area contributed by atoms with Gasteiger partial charge in [0.2, 0.25) is 0 Å². The molecule has 0 aliphatic rings. The van der Waals surface area contributed by atoms with Crippen LogP contribution in [0.1, 0.15) is 118 Å². The summed E-state index contributed by atoms with van der Waals surface area (Å²) < 4.78 is 1.51. The van der Waals surface area contributed by atoms with Gasteiger partial charge in [0, 0.05) is 0 Å². The number of hydrogen-bond acceptors (Lipinski definition) is 2. The second-order valence-corrected chi connectivity index (χ2v) is 8.75. The van der Waals surface area contributed by atoms with E-state index in [9.17, 15) is 9.59 Å². The van der Waals surface area contributed by atoms with Crippen LogP contribution in [0.25, 0.3) is 0 Å². The van der Waals surface area contributed by atoms with E-state index in [1.165, 1.54) is 146 Å². The summed E-state index contributed by atoms with van der Waals surface area (Å²) in [6.07, 6.45) is 20.7. The molecule has 0 amide bonds. The second kappa shape index (κ2) is 20.4. The van der Waals surface area contributed by atoms with E-state index in [2.05, 4.69) is 6.92 Å². The Kier molecular flexibility index (Phi) is 19.8. The maximum atomic E-state index is 10.5. The Morgan fingerprint density at radius 3 is 1.24 bits per heavy atom. The summed E-state index contributed by atoms with van der Waals surface area (Å²) in [6.45, 7) is 2.29. The summed E-state index contributed by atoms with van der Waals surface area (Å²) in [5.41, 5.74) is -0.380. The SMILES string of the molecule is CCCCCCCCCCCCCCC[CH2][Na].O=C(O)c1ccccc1C(=O)O. The topological polar surface area (TPSA) is 74.6 Å². The molecule has 0 radical (unpaired) electrons. The van der Waals surface area contributed by atoms with Crippen molar-refractivity contribution in [2.75, 3.05) is 0 Å². The maximum Gasteiger partial charge on any atom is 0.336 e. The van der Waals surface area contributed by atoms with Crippen molar-refractivity contribution in [3.8, 4) is 0 Å². The first-order valence-electron chi connectivity index (χ1n) is 11.6. The van der Waals surface area contributed by atoms with Crippen molar-refractivity contribution in [2.24, 2.45) is 0 Å². The minimum Gasteiger partial charge on any atom is -0.478 e. The molecule has 0 aliphatic carbocycles. The smallest absolute Gasteiger partial charge is 0.336 e. The van der Waals surface area contributed by atoms with Crippen molar-refractivity contribution in [3.63, 3.8) is 0 Å². The zero-order valence-electron chi connectivity index (χ0n) is 18.6. The third kappa shape index (κ3) is 16.6. The monoisotopic (exact) mass is 414 g/mol. The molecule has 0 bridgehead atoms. The molecule has 0 unspecified atom stereocenters. The number of carbonyl (C=O) groups is 2. The minimum atomic E-state index is -1.23. The first kappa shape index (κ1) is 28.2. The number of carboxylic acid groups (broad SMARTS) is 2. The predicted molar refractivity (Wildman–Crippen MR) is 121 cm³/mol. The van der Waals surface area contributed by atoms with Crippen molar-refractivity contribution >= 4 is 39.9 Å². The molecular weight excluding hydrogens is 375 g/mol. The largest absolute Gasteiger partial charge is 0.478 e. The molecule has 1 rings (SSSR count). The van der Waals surface area contributed by atoms with E-state index in [-0.39, 0.29) is 11.1 Å². The van der Waals surface area contributed by atoms with Crippen LogP contribution in [0.2, 0.25) is 3.67 Å². The van der Waals surface area contributed by atoms with Crippen molar-refractivity contribution in [3.05, 3.63) is 35.4 Å². The van der Waals surface area contributed by atoms with E-state index in [1.54, 1.807) is 0 Å². The first-order chi connectivity index (χ1) is 14.0. The molecule has 1 aromatic rings. The van der Waals surface area contributed by atoms with Crippen molar-refractivity contribution in [1.82, 2.24) is 0 Å². The number of unbranched alkanes of at least 4 members (excludes halogenated alkanes) is 13. The van der Waals surface area contributed by atoms with Crippen LogP contribution in [0, 0.1) is 0 Å². The minimum absolute atomic E-state index is 0.190. The number of rotatable bonds is 16. The summed E-state index contributed by atoms with van der Waals surface area (Å²) >= 11 is 1.41. The molecular formula is C24H39NaO4. The van der Waals surface area contributed by atoms with E-state index in [0.717, 1.165) is 0 Å². The zero-order chi connectivity index (χ0) is 21.7. The number of hydrogen-bond donors (Lipinski definition) is 2. The summed E-state index contributed by atoms with van der Waals surface area (Å²) in [7, 11) is 0. The molecule has 0 saturated carbocycles. The fourth-order valence-corrected chi connectivity index (χ4v) is 3.80. The second-order valence-electron chi connectivity index (χ2n) is 7.75. The molecule has 2 N–H and O–H groups in total. The van der Waals surface area contributed by atoms with E-state index >= 15 is 0 Å².